The number of aliphatic imine (C=N–C) groups is 1. The highest BCUT2D eigenvalue weighted by Gasteiger charge is 2.14. The number of hydrogen-bond donors (Lipinski definition) is 0. The molecule has 0 bridgehead atoms. The molecule has 0 N–H and O–H groups in total. The second-order valence-corrected chi connectivity index (χ2v) is 13.7. The quantitative estimate of drug-likeness (QED) is 0.128. The van der Waals surface area contributed by atoms with Crippen molar-refractivity contribution in [2.24, 2.45) is 4.99 Å². The predicted octanol–water partition coefficient (Wildman–Crippen LogP) is 14.0. The van der Waals surface area contributed by atoms with Gasteiger partial charge in [-0.3, -0.25) is 4.99 Å². The van der Waals surface area contributed by atoms with Crippen LogP contribution < -0.4 is 0 Å². The van der Waals surface area contributed by atoms with Gasteiger partial charge in [0.05, 0.1) is 11.4 Å². The van der Waals surface area contributed by atoms with Gasteiger partial charge in [0.15, 0.2) is 5.82 Å². The minimum absolute atomic E-state index is 0.687. The van der Waals surface area contributed by atoms with Gasteiger partial charge in [0, 0.05) is 22.9 Å². The Hall–Kier alpha value is -7.23. The highest BCUT2D eigenvalue weighted by atomic mass is 14.9. The summed E-state index contributed by atoms with van der Waals surface area (Å²) in [4.78, 5) is 14.2. The van der Waals surface area contributed by atoms with Crippen molar-refractivity contribution in [2.45, 2.75) is 6.92 Å². The van der Waals surface area contributed by atoms with E-state index in [4.69, 9.17) is 9.97 Å². The van der Waals surface area contributed by atoms with Gasteiger partial charge < -0.3 is 0 Å². The summed E-state index contributed by atoms with van der Waals surface area (Å²) in [7, 11) is 0. The van der Waals surface area contributed by atoms with E-state index in [1.807, 2.05) is 30.4 Å². The van der Waals surface area contributed by atoms with Crippen LogP contribution >= 0.6 is 0 Å². The summed E-state index contributed by atoms with van der Waals surface area (Å²) in [6.07, 6.45) is 5.63. The smallest absolute Gasteiger partial charge is 0.160 e. The van der Waals surface area contributed by atoms with Gasteiger partial charge in [0.25, 0.3) is 0 Å². The van der Waals surface area contributed by atoms with Gasteiger partial charge in [-0.1, -0.05) is 170 Å². The molecule has 0 amide bonds. The van der Waals surface area contributed by atoms with Gasteiger partial charge in [-0.05, 0) is 96.8 Å². The van der Waals surface area contributed by atoms with Gasteiger partial charge in [-0.2, -0.15) is 0 Å². The van der Waals surface area contributed by atoms with Crippen LogP contribution in [0.1, 0.15) is 12.5 Å². The summed E-state index contributed by atoms with van der Waals surface area (Å²) in [5.41, 5.74) is 7.01. The zero-order valence-electron chi connectivity index (χ0n) is 30.5. The Labute approximate surface area is 320 Å². The fourth-order valence-corrected chi connectivity index (χ4v) is 7.68. The van der Waals surface area contributed by atoms with Crippen molar-refractivity contribution in [2.75, 3.05) is 0 Å². The van der Waals surface area contributed by atoms with E-state index in [9.17, 15) is 0 Å². The molecule has 3 nitrogen and oxygen atoms in total. The van der Waals surface area contributed by atoms with E-state index in [-0.39, 0.29) is 0 Å². The SMILES string of the molecule is C=N/C=C\C=C(/C)c1ccc(-c2cc(-c3ccc4c5ccccc5c5ccccc5c5ccccc5c5ccccc5c4c3)nc(-c3ccccc3)n2)cc1. The van der Waals surface area contributed by atoms with Crippen LogP contribution in [0.25, 0.3) is 93.3 Å². The molecule has 0 radical (unpaired) electrons. The average Bonchev–Trinajstić information content (AvgIpc) is 3.26. The van der Waals surface area contributed by atoms with E-state index in [2.05, 4.69) is 176 Å². The van der Waals surface area contributed by atoms with Crippen LogP contribution in [0.5, 0.6) is 0 Å². The van der Waals surface area contributed by atoms with Crippen LogP contribution in [-0.4, -0.2) is 16.7 Å². The average molecular weight is 704 g/mol. The summed E-state index contributed by atoms with van der Waals surface area (Å²) < 4.78 is 0. The zero-order valence-corrected chi connectivity index (χ0v) is 30.5. The summed E-state index contributed by atoms with van der Waals surface area (Å²) in [5.74, 6) is 0.687. The first-order valence-corrected chi connectivity index (χ1v) is 18.5. The third-order valence-corrected chi connectivity index (χ3v) is 10.4. The Morgan fingerprint density at radius 1 is 0.436 bits per heavy atom. The van der Waals surface area contributed by atoms with Gasteiger partial charge >= 0.3 is 0 Å². The predicted molar refractivity (Wildman–Crippen MR) is 236 cm³/mol. The van der Waals surface area contributed by atoms with E-state index in [0.29, 0.717) is 5.82 Å². The van der Waals surface area contributed by atoms with Crippen molar-refractivity contribution in [3.63, 3.8) is 0 Å². The third kappa shape index (κ3) is 6.43. The van der Waals surface area contributed by atoms with Crippen LogP contribution in [0.2, 0.25) is 0 Å². The largest absolute Gasteiger partial charge is 0.273 e. The van der Waals surface area contributed by atoms with E-state index in [1.165, 1.54) is 48.5 Å². The lowest BCUT2D eigenvalue weighted by molar-refractivity contribution is 1.18. The van der Waals surface area contributed by atoms with E-state index in [1.54, 1.807) is 6.20 Å². The third-order valence-electron chi connectivity index (χ3n) is 10.4. The summed E-state index contributed by atoms with van der Waals surface area (Å²) in [6.45, 7) is 5.62. The highest BCUT2D eigenvalue weighted by Crippen LogP contribution is 2.38. The molecule has 0 fully saturated rings. The molecule has 1 aromatic heterocycles. The Bertz CT molecular complexity index is 2970. The van der Waals surface area contributed by atoms with Crippen LogP contribution in [0.4, 0.5) is 0 Å². The fourth-order valence-electron chi connectivity index (χ4n) is 7.68. The molecular formula is C52H37N3. The number of allylic oxidation sites excluding steroid dienone is 3. The van der Waals surface area contributed by atoms with Gasteiger partial charge in [-0.25, -0.2) is 9.97 Å². The maximum absolute atomic E-state index is 5.24. The van der Waals surface area contributed by atoms with Gasteiger partial charge in [-0.15, -0.1) is 0 Å². The minimum Gasteiger partial charge on any atom is -0.273 e. The molecule has 9 rings (SSSR count). The summed E-state index contributed by atoms with van der Waals surface area (Å²) >= 11 is 0. The van der Waals surface area contributed by atoms with E-state index >= 15 is 0 Å². The number of rotatable bonds is 6. The molecule has 0 saturated carbocycles. The first kappa shape index (κ1) is 33.6. The molecule has 0 saturated heterocycles. The topological polar surface area (TPSA) is 38.1 Å². The number of fused-ring (bicyclic) bond motifs is 10. The van der Waals surface area contributed by atoms with Crippen molar-refractivity contribution >= 4 is 66.2 Å². The van der Waals surface area contributed by atoms with Crippen LogP contribution in [-0.2, 0) is 0 Å². The van der Waals surface area contributed by atoms with Crippen LogP contribution in [0, 0.1) is 0 Å². The van der Waals surface area contributed by atoms with Crippen molar-refractivity contribution in [1.82, 2.24) is 9.97 Å². The molecule has 9 aromatic rings. The van der Waals surface area contributed by atoms with Crippen molar-refractivity contribution in [1.29, 1.82) is 0 Å². The molecule has 0 atom stereocenters. The summed E-state index contributed by atoms with van der Waals surface area (Å²) in [6, 6.07) is 62.9. The van der Waals surface area contributed by atoms with Crippen LogP contribution in [0.15, 0.2) is 199 Å². The lowest BCUT2D eigenvalue weighted by Gasteiger charge is -2.12. The van der Waals surface area contributed by atoms with Gasteiger partial charge in [0.1, 0.15) is 0 Å². The molecule has 0 aliphatic rings. The van der Waals surface area contributed by atoms with Crippen LogP contribution in [0.3, 0.4) is 0 Å². The number of hydrogen-bond acceptors (Lipinski definition) is 3. The number of nitrogens with zero attached hydrogens (tertiary/aromatic N) is 3. The Morgan fingerprint density at radius 2 is 0.855 bits per heavy atom. The number of benzene rings is 7. The van der Waals surface area contributed by atoms with Gasteiger partial charge in [0.2, 0.25) is 0 Å². The Kier molecular flexibility index (Phi) is 8.95. The maximum Gasteiger partial charge on any atom is 0.160 e. The molecule has 8 aromatic carbocycles. The molecule has 0 spiro atoms. The standard InChI is InChI=1S/C52H37N3/c1-35(15-14-32-53-2)36-26-28-37(29-27-36)50-34-51(55-52(54-50)38-16-4-3-5-17-38)39-30-31-48-46-24-11-10-22-44(46)42-20-7-6-18-40(42)41-19-8-9-21-43(41)45-23-12-13-25-47(45)49(48)33-39/h3-34H,2H2,1H3/b32-14-,35-15+,41-40?,44-42?,45-43?,48-46?,49-47?. The van der Waals surface area contributed by atoms with Crippen molar-refractivity contribution < 1.29 is 0 Å². The molecular weight excluding hydrogens is 667 g/mol. The van der Waals surface area contributed by atoms with E-state index in [0.717, 1.165) is 44.6 Å². The molecule has 1 heterocycles. The zero-order chi connectivity index (χ0) is 37.1. The first-order chi connectivity index (χ1) is 27.2. The Balaban J connectivity index is 1.34. The molecule has 0 aliphatic heterocycles. The monoisotopic (exact) mass is 703 g/mol. The fraction of sp³-hybridized carbons (Fsp3) is 0.0192. The molecule has 0 aliphatic carbocycles. The first-order valence-electron chi connectivity index (χ1n) is 18.5. The second-order valence-electron chi connectivity index (χ2n) is 13.7. The van der Waals surface area contributed by atoms with Crippen molar-refractivity contribution in [3.8, 4) is 33.9 Å². The maximum atomic E-state index is 5.24. The second kappa shape index (κ2) is 14.7. The lowest BCUT2D eigenvalue weighted by atomic mass is 9.93. The summed E-state index contributed by atoms with van der Waals surface area (Å²) in [5, 5.41) is 12.0. The van der Waals surface area contributed by atoms with Crippen molar-refractivity contribution in [3.05, 3.63) is 200 Å². The highest BCUT2D eigenvalue weighted by molar-refractivity contribution is 6.26. The molecule has 3 heteroatoms. The molecule has 260 valence electrons. The lowest BCUT2D eigenvalue weighted by Crippen LogP contribution is -1.96. The normalized spacial score (nSPS) is 11.8. The van der Waals surface area contributed by atoms with E-state index < -0.39 is 0 Å². The molecule has 0 unspecified atom stereocenters. The minimum atomic E-state index is 0.687. The molecule has 55 heavy (non-hydrogen) atoms. The number of aromatic nitrogens is 2. The Morgan fingerprint density at radius 3 is 1.35 bits per heavy atom.